The molecule has 213 valence electrons. The Bertz CT molecular complexity index is 2120. The van der Waals surface area contributed by atoms with E-state index in [2.05, 4.69) is 115 Å². The molecule has 0 amide bonds. The van der Waals surface area contributed by atoms with Crippen LogP contribution in [0, 0.1) is 19.1 Å². The number of fused-ring (bicyclic) bond motifs is 6. The van der Waals surface area contributed by atoms with Crippen molar-refractivity contribution in [2.75, 3.05) is 0 Å². The van der Waals surface area contributed by atoms with Crippen molar-refractivity contribution in [3.63, 3.8) is 0 Å². The van der Waals surface area contributed by atoms with Gasteiger partial charge >= 0.3 is 0 Å². The number of nitrogens with zero attached hydrogens (tertiary/aromatic N) is 3. The average molecular weight is 734 g/mol. The summed E-state index contributed by atoms with van der Waals surface area (Å²) in [4.78, 5) is 8.82. The number of benzene rings is 4. The Morgan fingerprint density at radius 2 is 1.42 bits per heavy atom. The second-order valence-corrected chi connectivity index (χ2v) is 11.9. The van der Waals surface area contributed by atoms with Crippen LogP contribution in [-0.4, -0.2) is 14.4 Å². The Hall–Kier alpha value is -4.37. The summed E-state index contributed by atoms with van der Waals surface area (Å²) < 4.78 is 2.41. The fourth-order valence-electron chi connectivity index (χ4n) is 5.74. The largest absolute Gasteiger partial charge is 0.350 e. The molecule has 0 saturated carbocycles. The summed E-state index contributed by atoms with van der Waals surface area (Å²) in [6, 6.07) is 42.5. The zero-order valence-electron chi connectivity index (χ0n) is 24.6. The molecule has 0 spiro atoms. The first-order valence-corrected chi connectivity index (χ1v) is 14.3. The van der Waals surface area contributed by atoms with Gasteiger partial charge in [-0.05, 0) is 64.0 Å². The van der Waals surface area contributed by atoms with Gasteiger partial charge in [-0.2, -0.15) is 0 Å². The molecule has 43 heavy (non-hydrogen) atoms. The van der Waals surface area contributed by atoms with Gasteiger partial charge in [0.2, 0.25) is 0 Å². The molecule has 1 radical (unpaired) electrons. The first-order valence-electron chi connectivity index (χ1n) is 14.3. The Labute approximate surface area is 265 Å². The van der Waals surface area contributed by atoms with Crippen LogP contribution in [0.2, 0.25) is 0 Å². The van der Waals surface area contributed by atoms with E-state index in [1.807, 2.05) is 48.7 Å². The molecule has 8 rings (SSSR count). The SMILES string of the molecule is Cc1ccc(-c2[c-]cc3c(c2)c2cccc4c5cc(C(C)(C)C)ccc5n3c24)nc1.[Ir].[c-]1ccccc1-c1ccccn1. The molecule has 0 unspecified atom stereocenters. The molecule has 0 aliphatic carbocycles. The average Bonchev–Trinajstić information content (AvgIpc) is 3.54. The number of hydrogen-bond acceptors (Lipinski definition) is 2. The molecule has 8 aromatic rings. The van der Waals surface area contributed by atoms with Crippen LogP contribution < -0.4 is 0 Å². The van der Waals surface area contributed by atoms with E-state index in [-0.39, 0.29) is 25.5 Å². The maximum Gasteiger partial charge on any atom is 0.0516 e. The fourth-order valence-corrected chi connectivity index (χ4v) is 5.74. The molecule has 0 saturated heterocycles. The van der Waals surface area contributed by atoms with Gasteiger partial charge in [-0.15, -0.1) is 59.7 Å². The van der Waals surface area contributed by atoms with Gasteiger partial charge in [0.05, 0.1) is 5.52 Å². The second kappa shape index (κ2) is 11.4. The smallest absolute Gasteiger partial charge is 0.0516 e. The van der Waals surface area contributed by atoms with Gasteiger partial charge in [-0.1, -0.05) is 74.7 Å². The summed E-state index contributed by atoms with van der Waals surface area (Å²) in [7, 11) is 0. The summed E-state index contributed by atoms with van der Waals surface area (Å²) in [6.07, 6.45) is 3.71. The van der Waals surface area contributed by atoms with Crippen molar-refractivity contribution < 1.29 is 20.1 Å². The molecular formula is C39H31IrN3-2. The van der Waals surface area contributed by atoms with Crippen LogP contribution >= 0.6 is 0 Å². The van der Waals surface area contributed by atoms with Crippen molar-refractivity contribution >= 4 is 38.1 Å². The summed E-state index contributed by atoms with van der Waals surface area (Å²) in [5.41, 5.74) is 10.4. The van der Waals surface area contributed by atoms with Gasteiger partial charge in [0.25, 0.3) is 0 Å². The predicted octanol–water partition coefficient (Wildman–Crippen LogP) is 9.85. The predicted molar refractivity (Wildman–Crippen MR) is 175 cm³/mol. The van der Waals surface area contributed by atoms with E-state index in [1.54, 1.807) is 6.20 Å². The number of rotatable bonds is 2. The zero-order chi connectivity index (χ0) is 28.8. The standard InChI is InChI=1S/C28H23N2.C11H8N.Ir/c1-17-8-11-24(29-16-17)18-9-12-25-22(14-18)20-6-5-7-21-23-15-19(28(2,3)4)10-13-26(23)30(25)27(20)21;1-2-6-10(7-3-1)11-8-4-5-9-12-11;/h5-8,10-16H,1-4H3;1-6,8-9H;/q2*-1;. The van der Waals surface area contributed by atoms with Crippen molar-refractivity contribution in [3.8, 4) is 22.5 Å². The van der Waals surface area contributed by atoms with Gasteiger partial charge in [0, 0.05) is 48.8 Å². The third-order valence-corrected chi connectivity index (χ3v) is 7.95. The molecule has 0 atom stereocenters. The van der Waals surface area contributed by atoms with E-state index >= 15 is 0 Å². The quantitative estimate of drug-likeness (QED) is 0.166. The molecule has 0 aliphatic rings. The molecule has 4 heteroatoms. The van der Waals surface area contributed by atoms with E-state index in [9.17, 15) is 0 Å². The van der Waals surface area contributed by atoms with E-state index in [0.717, 1.165) is 22.5 Å². The van der Waals surface area contributed by atoms with E-state index < -0.39 is 0 Å². The maximum atomic E-state index is 4.60. The second-order valence-electron chi connectivity index (χ2n) is 11.9. The summed E-state index contributed by atoms with van der Waals surface area (Å²) >= 11 is 0. The number of aromatic nitrogens is 3. The number of aryl methyl sites for hydroxylation is 1. The van der Waals surface area contributed by atoms with Crippen molar-refractivity contribution in [1.82, 2.24) is 14.4 Å². The Balaban J connectivity index is 0.000000213. The summed E-state index contributed by atoms with van der Waals surface area (Å²) in [5, 5.41) is 5.20. The topological polar surface area (TPSA) is 30.2 Å². The molecule has 4 aromatic carbocycles. The molecular weight excluding hydrogens is 703 g/mol. The van der Waals surface area contributed by atoms with Crippen LogP contribution in [0.5, 0.6) is 0 Å². The van der Waals surface area contributed by atoms with Crippen molar-refractivity contribution in [1.29, 1.82) is 0 Å². The number of para-hydroxylation sites is 1. The minimum Gasteiger partial charge on any atom is -0.350 e. The number of hydrogen-bond donors (Lipinski definition) is 0. The van der Waals surface area contributed by atoms with E-state index in [0.29, 0.717) is 0 Å². The van der Waals surface area contributed by atoms with Crippen molar-refractivity contribution in [2.45, 2.75) is 33.1 Å². The molecule has 0 bridgehead atoms. The third-order valence-electron chi connectivity index (χ3n) is 7.95. The molecule has 4 heterocycles. The van der Waals surface area contributed by atoms with Crippen molar-refractivity contribution in [3.05, 3.63) is 139 Å². The van der Waals surface area contributed by atoms with Crippen molar-refractivity contribution in [2.24, 2.45) is 0 Å². The number of pyridine rings is 2. The Morgan fingerprint density at radius 1 is 0.651 bits per heavy atom. The van der Waals surface area contributed by atoms with Gasteiger partial charge in [0.15, 0.2) is 0 Å². The molecule has 4 aromatic heterocycles. The maximum absolute atomic E-state index is 4.60. The first-order chi connectivity index (χ1) is 20.4. The molecule has 0 aliphatic heterocycles. The van der Waals surface area contributed by atoms with Crippen LogP contribution in [-0.2, 0) is 25.5 Å². The van der Waals surface area contributed by atoms with Crippen LogP contribution in [0.1, 0.15) is 31.9 Å². The molecule has 0 fully saturated rings. The van der Waals surface area contributed by atoms with E-state index in [4.69, 9.17) is 0 Å². The minimum atomic E-state index is 0. The summed E-state index contributed by atoms with van der Waals surface area (Å²) in [5.74, 6) is 0. The van der Waals surface area contributed by atoms with Crippen LogP contribution in [0.4, 0.5) is 0 Å². The first kappa shape index (κ1) is 28.7. The van der Waals surface area contributed by atoms with Gasteiger partial charge in [-0.25, -0.2) is 0 Å². The minimum absolute atomic E-state index is 0. The monoisotopic (exact) mass is 734 g/mol. The van der Waals surface area contributed by atoms with Gasteiger partial charge < -0.3 is 14.4 Å². The zero-order valence-corrected chi connectivity index (χ0v) is 27.0. The van der Waals surface area contributed by atoms with Gasteiger partial charge in [-0.3, -0.25) is 0 Å². The third kappa shape index (κ3) is 5.22. The van der Waals surface area contributed by atoms with Crippen LogP contribution in [0.3, 0.4) is 0 Å². The summed E-state index contributed by atoms with van der Waals surface area (Å²) in [6.45, 7) is 8.88. The van der Waals surface area contributed by atoms with Crippen LogP contribution in [0.15, 0.2) is 116 Å². The molecule has 3 nitrogen and oxygen atoms in total. The Kier molecular flexibility index (Phi) is 7.60. The Morgan fingerprint density at radius 3 is 2.09 bits per heavy atom. The fraction of sp³-hybridized carbons (Fsp3) is 0.128. The van der Waals surface area contributed by atoms with Gasteiger partial charge in [0.1, 0.15) is 0 Å². The normalized spacial score (nSPS) is 11.5. The molecule has 0 N–H and O–H groups in total. The van der Waals surface area contributed by atoms with Crippen LogP contribution in [0.25, 0.3) is 60.6 Å². The van der Waals surface area contributed by atoms with E-state index in [1.165, 1.54) is 49.2 Å².